The minimum Gasteiger partial charge on any atom is -0.317 e. The number of nitrogens with one attached hydrogen (secondary N) is 1. The second-order valence-electron chi connectivity index (χ2n) is 2.25. The van der Waals surface area contributed by atoms with Crippen LogP contribution in [0.25, 0.3) is 0 Å². The van der Waals surface area contributed by atoms with Crippen molar-refractivity contribution in [3.8, 4) is 0 Å². The van der Waals surface area contributed by atoms with Gasteiger partial charge < -0.3 is 5.32 Å². The Morgan fingerprint density at radius 1 is 1.33 bits per heavy atom. The van der Waals surface area contributed by atoms with E-state index in [0.717, 1.165) is 0 Å². The topological polar surface area (TPSA) is 12.0 Å². The maximum atomic E-state index is 12.3. The first-order chi connectivity index (χ1) is 4.06. The summed E-state index contributed by atoms with van der Waals surface area (Å²) in [5.41, 5.74) is -1.06. The molecule has 58 valence electrons. The quantitative estimate of drug-likeness (QED) is 0.610. The van der Waals surface area contributed by atoms with Crippen molar-refractivity contribution in [2.45, 2.75) is 33.4 Å². The van der Waals surface area contributed by atoms with Gasteiger partial charge in [-0.1, -0.05) is 13.8 Å². The lowest BCUT2D eigenvalue weighted by Crippen LogP contribution is -2.27. The van der Waals surface area contributed by atoms with Crippen molar-refractivity contribution in [3.05, 3.63) is 0 Å². The van der Waals surface area contributed by atoms with Crippen LogP contribution < -0.4 is 5.32 Å². The van der Waals surface area contributed by atoms with E-state index in [1.165, 1.54) is 0 Å². The minimum atomic E-state index is -1.06. The summed E-state index contributed by atoms with van der Waals surface area (Å²) >= 11 is 0. The van der Waals surface area contributed by atoms with Crippen molar-refractivity contribution < 1.29 is 4.39 Å². The zero-order chi connectivity index (χ0) is 7.91. The molecule has 0 saturated heterocycles. The molecule has 0 radical (unpaired) electrons. The molecule has 0 aliphatic carbocycles. The smallest absolute Gasteiger partial charge is 0.117 e. The summed E-state index contributed by atoms with van der Waals surface area (Å²) in [6.45, 7) is 7.51. The molecule has 0 aromatic heterocycles. The van der Waals surface area contributed by atoms with Crippen LogP contribution in [-0.2, 0) is 0 Å². The summed E-state index contributed by atoms with van der Waals surface area (Å²) in [4.78, 5) is 0. The van der Waals surface area contributed by atoms with Gasteiger partial charge in [0.15, 0.2) is 0 Å². The molecule has 0 aliphatic heterocycles. The maximum absolute atomic E-state index is 12.3. The van der Waals surface area contributed by atoms with E-state index < -0.39 is 5.67 Å². The fourth-order valence-corrected chi connectivity index (χ4v) is 0.420. The van der Waals surface area contributed by atoms with Crippen molar-refractivity contribution >= 4 is 0 Å². The molecule has 0 bridgehead atoms. The molecule has 0 aromatic carbocycles. The number of alkyl halides is 1. The first-order valence-electron chi connectivity index (χ1n) is 3.40. The Morgan fingerprint density at radius 2 is 1.67 bits per heavy atom. The van der Waals surface area contributed by atoms with E-state index >= 15 is 0 Å². The normalized spacial score (nSPS) is 10.0. The van der Waals surface area contributed by atoms with Crippen LogP contribution in [0.2, 0.25) is 0 Å². The van der Waals surface area contributed by atoms with Gasteiger partial charge in [-0.2, -0.15) is 0 Å². The predicted octanol–water partition coefficient (Wildman–Crippen LogP) is 1.98. The third kappa shape index (κ3) is 18.1. The summed E-state index contributed by atoms with van der Waals surface area (Å²) in [6.07, 6.45) is 0. The molecule has 0 aliphatic rings. The van der Waals surface area contributed by atoms with E-state index in [2.05, 4.69) is 5.32 Å². The van der Waals surface area contributed by atoms with Gasteiger partial charge in [0.1, 0.15) is 5.67 Å². The molecular weight excluding hydrogens is 117 g/mol. The molecule has 0 saturated carbocycles. The average molecular weight is 135 g/mol. The molecule has 2 heteroatoms. The monoisotopic (exact) mass is 135 g/mol. The first-order valence-corrected chi connectivity index (χ1v) is 3.40. The van der Waals surface area contributed by atoms with E-state index in [9.17, 15) is 4.39 Å². The average Bonchev–Trinajstić information content (AvgIpc) is 1.69. The predicted molar refractivity (Wildman–Crippen MR) is 40.5 cm³/mol. The van der Waals surface area contributed by atoms with Crippen LogP contribution >= 0.6 is 0 Å². The summed E-state index contributed by atoms with van der Waals surface area (Å²) in [5, 5.41) is 2.73. The SMILES string of the molecule is CC.CNCC(C)(C)F. The molecule has 0 heterocycles. The standard InChI is InChI=1S/C5H12FN.C2H6/c1-5(2,6)4-7-3;1-2/h7H,4H2,1-3H3;1-2H3. The second-order valence-corrected chi connectivity index (χ2v) is 2.25. The Balaban J connectivity index is 0. The van der Waals surface area contributed by atoms with Crippen LogP contribution in [0.3, 0.4) is 0 Å². The van der Waals surface area contributed by atoms with Crippen LogP contribution in [0.4, 0.5) is 4.39 Å². The highest BCUT2D eigenvalue weighted by Crippen LogP contribution is 2.03. The van der Waals surface area contributed by atoms with Gasteiger partial charge in [0.25, 0.3) is 0 Å². The highest BCUT2D eigenvalue weighted by Gasteiger charge is 2.11. The molecule has 0 unspecified atom stereocenters. The molecule has 0 aromatic rings. The fourth-order valence-electron chi connectivity index (χ4n) is 0.420. The fraction of sp³-hybridized carbons (Fsp3) is 1.00. The Bertz CT molecular complexity index is 47.4. The summed E-state index contributed by atoms with van der Waals surface area (Å²) in [6, 6.07) is 0. The van der Waals surface area contributed by atoms with Crippen molar-refractivity contribution in [1.29, 1.82) is 0 Å². The molecule has 0 atom stereocenters. The van der Waals surface area contributed by atoms with E-state index in [-0.39, 0.29) is 0 Å². The second kappa shape index (κ2) is 6.02. The van der Waals surface area contributed by atoms with Gasteiger partial charge in [0, 0.05) is 6.54 Å². The van der Waals surface area contributed by atoms with Crippen molar-refractivity contribution in [1.82, 2.24) is 5.32 Å². The first kappa shape index (κ1) is 11.7. The lowest BCUT2D eigenvalue weighted by atomic mass is 10.2. The summed E-state index contributed by atoms with van der Waals surface area (Å²) in [7, 11) is 1.74. The van der Waals surface area contributed by atoms with Crippen LogP contribution in [0.5, 0.6) is 0 Å². The number of hydrogen-bond donors (Lipinski definition) is 1. The van der Waals surface area contributed by atoms with Crippen LogP contribution in [0.1, 0.15) is 27.7 Å². The molecule has 1 N–H and O–H groups in total. The Morgan fingerprint density at radius 3 is 1.67 bits per heavy atom. The zero-order valence-corrected chi connectivity index (χ0v) is 7.09. The third-order valence-corrected chi connectivity index (χ3v) is 0.597. The van der Waals surface area contributed by atoms with E-state index in [0.29, 0.717) is 6.54 Å². The van der Waals surface area contributed by atoms with Crippen molar-refractivity contribution in [2.24, 2.45) is 0 Å². The van der Waals surface area contributed by atoms with Crippen LogP contribution in [0, 0.1) is 0 Å². The van der Waals surface area contributed by atoms with E-state index in [4.69, 9.17) is 0 Å². The van der Waals surface area contributed by atoms with Crippen LogP contribution in [-0.4, -0.2) is 19.3 Å². The number of hydrogen-bond acceptors (Lipinski definition) is 1. The largest absolute Gasteiger partial charge is 0.317 e. The number of rotatable bonds is 2. The highest BCUT2D eigenvalue weighted by molar-refractivity contribution is 4.66. The third-order valence-electron chi connectivity index (χ3n) is 0.597. The van der Waals surface area contributed by atoms with Gasteiger partial charge in [-0.25, -0.2) is 4.39 Å². The summed E-state index contributed by atoms with van der Waals surface area (Å²) < 4.78 is 12.3. The van der Waals surface area contributed by atoms with Crippen LogP contribution in [0.15, 0.2) is 0 Å². The van der Waals surface area contributed by atoms with Gasteiger partial charge in [-0.05, 0) is 20.9 Å². The maximum Gasteiger partial charge on any atom is 0.117 e. The lowest BCUT2D eigenvalue weighted by molar-refractivity contribution is 0.215. The van der Waals surface area contributed by atoms with Crippen molar-refractivity contribution in [2.75, 3.05) is 13.6 Å². The molecule has 0 rings (SSSR count). The minimum absolute atomic E-state index is 0.424. The van der Waals surface area contributed by atoms with Gasteiger partial charge >= 0.3 is 0 Å². The lowest BCUT2D eigenvalue weighted by Gasteiger charge is -2.11. The zero-order valence-electron chi connectivity index (χ0n) is 7.09. The molecule has 0 spiro atoms. The van der Waals surface area contributed by atoms with Gasteiger partial charge in [-0.3, -0.25) is 0 Å². The van der Waals surface area contributed by atoms with Gasteiger partial charge in [0.05, 0.1) is 0 Å². The Hall–Kier alpha value is -0.110. The van der Waals surface area contributed by atoms with Gasteiger partial charge in [0.2, 0.25) is 0 Å². The Kier molecular flexibility index (Phi) is 7.79. The molecule has 0 amide bonds. The van der Waals surface area contributed by atoms with E-state index in [1.54, 1.807) is 20.9 Å². The molecule has 9 heavy (non-hydrogen) atoms. The highest BCUT2D eigenvalue weighted by atomic mass is 19.1. The summed E-state index contributed by atoms with van der Waals surface area (Å²) in [5.74, 6) is 0. The molecule has 1 nitrogen and oxygen atoms in total. The van der Waals surface area contributed by atoms with Crippen molar-refractivity contribution in [3.63, 3.8) is 0 Å². The Labute approximate surface area is 57.7 Å². The molecule has 0 fully saturated rings. The van der Waals surface area contributed by atoms with E-state index in [1.807, 2.05) is 13.8 Å². The number of halogens is 1. The molecular formula is C7H18FN. The van der Waals surface area contributed by atoms with Gasteiger partial charge in [-0.15, -0.1) is 0 Å².